The summed E-state index contributed by atoms with van der Waals surface area (Å²) in [6.45, 7) is 0.0159. The molecule has 0 unspecified atom stereocenters. The van der Waals surface area contributed by atoms with Gasteiger partial charge >= 0.3 is 6.03 Å². The van der Waals surface area contributed by atoms with Gasteiger partial charge in [0.1, 0.15) is 5.82 Å². The highest BCUT2D eigenvalue weighted by atomic mass is 19.2. The molecule has 0 spiro atoms. The van der Waals surface area contributed by atoms with Crippen LogP contribution in [-0.2, 0) is 0 Å². The Hall–Kier alpha value is -1.80. The molecule has 0 bridgehead atoms. The number of nitrogens with zero attached hydrogens (tertiary/aromatic N) is 1. The van der Waals surface area contributed by atoms with Crippen LogP contribution in [0.3, 0.4) is 0 Å². The summed E-state index contributed by atoms with van der Waals surface area (Å²) < 4.78 is 39.7. The first kappa shape index (κ1) is 16.6. The largest absolute Gasteiger partial charge is 0.393 e. The number of halogens is 3. The maximum atomic E-state index is 13.5. The number of carbonyl (C=O) groups is 1. The molecule has 1 atom stereocenters. The molecule has 1 fully saturated rings. The van der Waals surface area contributed by atoms with Gasteiger partial charge in [-0.25, -0.2) is 18.0 Å². The Balaban J connectivity index is 2.07. The van der Waals surface area contributed by atoms with Gasteiger partial charge in [0.15, 0.2) is 11.6 Å². The number of nitrogens with one attached hydrogen (secondary N) is 1. The average molecular weight is 318 g/mol. The lowest BCUT2D eigenvalue weighted by Crippen LogP contribution is -2.38. The molecule has 1 aromatic rings. The highest BCUT2D eigenvalue weighted by Gasteiger charge is 2.31. The Morgan fingerprint density at radius 3 is 2.68 bits per heavy atom. The predicted molar refractivity (Wildman–Crippen MR) is 72.8 cm³/mol. The van der Waals surface area contributed by atoms with Crippen LogP contribution >= 0.6 is 0 Å². The molecule has 2 rings (SSSR count). The number of rotatable bonds is 2. The molecule has 2 amide bonds. The molecule has 1 aromatic carbocycles. The minimum absolute atomic E-state index is 0.141. The number of aliphatic hydroxyl groups is 2. The number of urea groups is 1. The van der Waals surface area contributed by atoms with E-state index >= 15 is 0 Å². The van der Waals surface area contributed by atoms with Crippen molar-refractivity contribution < 1.29 is 28.2 Å². The number of carbonyl (C=O) groups excluding carboxylic acids is 1. The molecule has 1 heterocycles. The van der Waals surface area contributed by atoms with E-state index in [0.29, 0.717) is 25.0 Å². The predicted octanol–water partition coefficient (Wildman–Crippen LogP) is 1.85. The number of hydrogen-bond donors (Lipinski definition) is 3. The number of aliphatic hydroxyl groups excluding tert-OH is 1. The number of benzene rings is 1. The van der Waals surface area contributed by atoms with E-state index in [0.717, 1.165) is 0 Å². The molecule has 22 heavy (non-hydrogen) atoms. The summed E-state index contributed by atoms with van der Waals surface area (Å²) in [6.07, 6.45) is 0.942. The topological polar surface area (TPSA) is 72.8 Å². The second-order valence-corrected chi connectivity index (χ2v) is 5.40. The molecule has 3 N–H and O–H groups in total. The van der Waals surface area contributed by atoms with Crippen LogP contribution in [0.5, 0.6) is 0 Å². The van der Waals surface area contributed by atoms with Crippen LogP contribution in [0.25, 0.3) is 0 Å². The Morgan fingerprint density at radius 1 is 1.27 bits per heavy atom. The van der Waals surface area contributed by atoms with Gasteiger partial charge in [-0.3, -0.25) is 0 Å². The fraction of sp³-hybridized carbons (Fsp3) is 0.500. The van der Waals surface area contributed by atoms with Crippen LogP contribution in [0.4, 0.5) is 23.7 Å². The lowest BCUT2D eigenvalue weighted by Gasteiger charge is -2.24. The van der Waals surface area contributed by atoms with Crippen LogP contribution in [-0.4, -0.2) is 46.4 Å². The lowest BCUT2D eigenvalue weighted by atomic mass is 9.96. The van der Waals surface area contributed by atoms with Gasteiger partial charge in [0, 0.05) is 25.2 Å². The third-order valence-corrected chi connectivity index (χ3v) is 3.73. The van der Waals surface area contributed by atoms with E-state index in [4.69, 9.17) is 5.11 Å². The maximum absolute atomic E-state index is 13.5. The highest BCUT2D eigenvalue weighted by Crippen LogP contribution is 2.23. The van der Waals surface area contributed by atoms with Crippen molar-refractivity contribution in [3.05, 3.63) is 29.6 Å². The van der Waals surface area contributed by atoms with Gasteiger partial charge in [-0.05, 0) is 19.3 Å². The summed E-state index contributed by atoms with van der Waals surface area (Å²) in [5.74, 6) is -3.73. The molecule has 0 aromatic heterocycles. The molecule has 1 saturated heterocycles. The van der Waals surface area contributed by atoms with Crippen LogP contribution in [0.1, 0.15) is 19.3 Å². The third-order valence-electron chi connectivity index (χ3n) is 3.73. The minimum atomic E-state index is -1.39. The van der Waals surface area contributed by atoms with Crippen LogP contribution in [0.2, 0.25) is 0 Å². The first-order valence-corrected chi connectivity index (χ1v) is 6.88. The first-order chi connectivity index (χ1) is 10.3. The van der Waals surface area contributed by atoms with Gasteiger partial charge in [0.05, 0.1) is 17.9 Å². The van der Waals surface area contributed by atoms with E-state index in [2.05, 4.69) is 5.32 Å². The highest BCUT2D eigenvalue weighted by molar-refractivity contribution is 5.89. The van der Waals surface area contributed by atoms with E-state index in [1.165, 1.54) is 4.90 Å². The normalized spacial score (nSPS) is 22.3. The molecule has 1 aliphatic heterocycles. The minimum Gasteiger partial charge on any atom is -0.393 e. The van der Waals surface area contributed by atoms with Crippen molar-refractivity contribution in [1.82, 2.24) is 4.90 Å². The summed E-state index contributed by atoms with van der Waals surface area (Å²) >= 11 is 0. The molecule has 0 aliphatic carbocycles. The Labute approximate surface area is 125 Å². The molecule has 0 radical (unpaired) electrons. The van der Waals surface area contributed by atoms with Gasteiger partial charge < -0.3 is 20.4 Å². The molecular weight excluding hydrogens is 301 g/mol. The van der Waals surface area contributed by atoms with E-state index in [9.17, 15) is 23.1 Å². The zero-order valence-corrected chi connectivity index (χ0v) is 11.8. The summed E-state index contributed by atoms with van der Waals surface area (Å²) in [4.78, 5) is 13.4. The van der Waals surface area contributed by atoms with Crippen molar-refractivity contribution in [2.45, 2.75) is 24.9 Å². The van der Waals surface area contributed by atoms with Gasteiger partial charge in [-0.2, -0.15) is 0 Å². The third kappa shape index (κ3) is 3.69. The second-order valence-electron chi connectivity index (χ2n) is 5.40. The van der Waals surface area contributed by atoms with Crippen LogP contribution in [0.15, 0.2) is 12.1 Å². The van der Waals surface area contributed by atoms with Crippen molar-refractivity contribution in [3.8, 4) is 0 Å². The number of amides is 2. The van der Waals surface area contributed by atoms with Gasteiger partial charge in [0.2, 0.25) is 0 Å². The standard InChI is InChI=1S/C14H17F3N2O3/c15-9-6-10(16)12(17)11(7-9)18-13(21)19-4-1-2-14(22,8-20)3-5-19/h6-7,20,22H,1-5,8H2,(H,18,21)/t14-/m1/s1. The zero-order valence-electron chi connectivity index (χ0n) is 11.8. The fourth-order valence-electron chi connectivity index (χ4n) is 2.38. The fourth-order valence-corrected chi connectivity index (χ4v) is 2.38. The van der Waals surface area contributed by atoms with Gasteiger partial charge in [0.25, 0.3) is 0 Å². The quantitative estimate of drug-likeness (QED) is 0.729. The Bertz CT molecular complexity index is 571. The number of anilines is 1. The molecule has 1 aliphatic rings. The van der Waals surface area contributed by atoms with Crippen LogP contribution in [0, 0.1) is 17.5 Å². The molecule has 0 saturated carbocycles. The van der Waals surface area contributed by atoms with Gasteiger partial charge in [-0.1, -0.05) is 0 Å². The summed E-state index contributed by atoms with van der Waals surface area (Å²) in [5.41, 5.74) is -1.82. The van der Waals surface area contributed by atoms with E-state index in [1.54, 1.807) is 0 Å². The molecule has 8 heteroatoms. The van der Waals surface area contributed by atoms with Crippen molar-refractivity contribution in [3.63, 3.8) is 0 Å². The van der Waals surface area contributed by atoms with Crippen LogP contribution < -0.4 is 5.32 Å². The molecule has 122 valence electrons. The van der Waals surface area contributed by atoms with E-state index in [1.807, 2.05) is 0 Å². The first-order valence-electron chi connectivity index (χ1n) is 6.88. The van der Waals surface area contributed by atoms with Crippen molar-refractivity contribution in [1.29, 1.82) is 0 Å². The molecule has 5 nitrogen and oxygen atoms in total. The SMILES string of the molecule is O=C(Nc1cc(F)cc(F)c1F)N1CCC[C@](O)(CO)CC1. The van der Waals surface area contributed by atoms with Crippen molar-refractivity contribution in [2.24, 2.45) is 0 Å². The zero-order chi connectivity index (χ0) is 16.3. The number of likely N-dealkylation sites (tertiary alicyclic amines) is 1. The lowest BCUT2D eigenvalue weighted by molar-refractivity contribution is -0.0247. The van der Waals surface area contributed by atoms with Crippen molar-refractivity contribution >= 4 is 11.7 Å². The smallest absolute Gasteiger partial charge is 0.321 e. The summed E-state index contributed by atoms with van der Waals surface area (Å²) in [7, 11) is 0. The number of hydrogen-bond acceptors (Lipinski definition) is 3. The van der Waals surface area contributed by atoms with Gasteiger partial charge in [-0.15, -0.1) is 0 Å². The van der Waals surface area contributed by atoms with Crippen molar-refractivity contribution in [2.75, 3.05) is 25.0 Å². The monoisotopic (exact) mass is 318 g/mol. The summed E-state index contributed by atoms with van der Waals surface area (Å²) in [5, 5.41) is 21.3. The maximum Gasteiger partial charge on any atom is 0.321 e. The summed E-state index contributed by atoms with van der Waals surface area (Å²) in [6, 6.07) is 0.363. The van der Waals surface area contributed by atoms with E-state index < -0.39 is 41.4 Å². The Morgan fingerprint density at radius 2 is 2.00 bits per heavy atom. The van der Waals surface area contributed by atoms with E-state index in [-0.39, 0.29) is 19.5 Å². The average Bonchev–Trinajstić information content (AvgIpc) is 2.67. The second kappa shape index (κ2) is 6.53. The molecular formula is C14H17F3N2O3. The Kier molecular flexibility index (Phi) is 4.92.